The Morgan fingerprint density at radius 2 is 1.79 bits per heavy atom. The van der Waals surface area contributed by atoms with Crippen molar-refractivity contribution in [2.45, 2.75) is 33.2 Å². The van der Waals surface area contributed by atoms with Crippen LogP contribution in [0.1, 0.15) is 47.6 Å². The highest BCUT2D eigenvalue weighted by Crippen LogP contribution is 2.15. The largest absolute Gasteiger partial charge is 0.454 e. The summed E-state index contributed by atoms with van der Waals surface area (Å²) in [5, 5.41) is 7.03. The molecule has 2 amide bonds. The monoisotopic (exact) mass is 402 g/mol. The zero-order valence-corrected chi connectivity index (χ0v) is 17.2. The van der Waals surface area contributed by atoms with Crippen LogP contribution in [0, 0.1) is 5.92 Å². The number of rotatable bonds is 9. The Kier molecular flexibility index (Phi) is 8.19. The lowest BCUT2D eigenvalue weighted by Crippen LogP contribution is -2.34. The SMILES string of the molecule is CC(C)Cc1ccc([C@@H](C)NC(=O)COC(=O)CNC(=O)c2cccs2)cc1. The van der Waals surface area contributed by atoms with Crippen LogP contribution in [0.25, 0.3) is 0 Å². The fraction of sp³-hybridized carbons (Fsp3) is 0.381. The molecule has 0 aliphatic heterocycles. The molecular formula is C21H26N2O4S. The molecule has 0 aliphatic carbocycles. The maximum atomic E-state index is 12.0. The Morgan fingerprint density at radius 1 is 1.07 bits per heavy atom. The summed E-state index contributed by atoms with van der Waals surface area (Å²) in [5.74, 6) is -0.805. The zero-order valence-electron chi connectivity index (χ0n) is 16.4. The summed E-state index contributed by atoms with van der Waals surface area (Å²) in [6.07, 6.45) is 1.01. The van der Waals surface area contributed by atoms with Gasteiger partial charge in [-0.2, -0.15) is 0 Å². The van der Waals surface area contributed by atoms with Crippen LogP contribution in [0.15, 0.2) is 41.8 Å². The van der Waals surface area contributed by atoms with Crippen LogP contribution in [-0.4, -0.2) is 30.9 Å². The smallest absolute Gasteiger partial charge is 0.325 e. The lowest BCUT2D eigenvalue weighted by Gasteiger charge is -2.15. The Bertz CT molecular complexity index is 785. The van der Waals surface area contributed by atoms with E-state index in [2.05, 4.69) is 36.6 Å². The van der Waals surface area contributed by atoms with Gasteiger partial charge < -0.3 is 15.4 Å². The number of carbonyl (C=O) groups is 3. The summed E-state index contributed by atoms with van der Waals surface area (Å²) >= 11 is 1.28. The quantitative estimate of drug-likeness (QED) is 0.631. The van der Waals surface area contributed by atoms with E-state index >= 15 is 0 Å². The Labute approximate surface area is 169 Å². The number of amides is 2. The van der Waals surface area contributed by atoms with Crippen LogP contribution in [0.3, 0.4) is 0 Å². The van der Waals surface area contributed by atoms with Crippen molar-refractivity contribution in [3.63, 3.8) is 0 Å². The predicted octanol–water partition coefficient (Wildman–Crippen LogP) is 3.10. The van der Waals surface area contributed by atoms with Crippen molar-refractivity contribution in [2.75, 3.05) is 13.2 Å². The molecule has 0 aliphatic rings. The average molecular weight is 403 g/mol. The van der Waals surface area contributed by atoms with Crippen molar-refractivity contribution in [1.82, 2.24) is 10.6 Å². The molecule has 0 unspecified atom stereocenters. The fourth-order valence-electron chi connectivity index (χ4n) is 2.62. The number of thiophene rings is 1. The maximum absolute atomic E-state index is 12.0. The lowest BCUT2D eigenvalue weighted by atomic mass is 10.00. The van der Waals surface area contributed by atoms with Gasteiger partial charge >= 0.3 is 5.97 Å². The molecule has 150 valence electrons. The number of esters is 1. The van der Waals surface area contributed by atoms with E-state index in [1.807, 2.05) is 19.1 Å². The minimum atomic E-state index is -0.661. The van der Waals surface area contributed by atoms with Gasteiger partial charge in [-0.1, -0.05) is 44.2 Å². The van der Waals surface area contributed by atoms with Gasteiger partial charge in [-0.25, -0.2) is 0 Å². The summed E-state index contributed by atoms with van der Waals surface area (Å²) in [6.45, 7) is 5.55. The van der Waals surface area contributed by atoms with Crippen LogP contribution in [0.5, 0.6) is 0 Å². The molecule has 2 aromatic rings. The normalized spacial score (nSPS) is 11.7. The third-order valence-corrected chi connectivity index (χ3v) is 4.87. The van der Waals surface area contributed by atoms with Gasteiger partial charge in [0, 0.05) is 0 Å². The van der Waals surface area contributed by atoms with E-state index in [0.29, 0.717) is 10.8 Å². The molecule has 0 radical (unpaired) electrons. The van der Waals surface area contributed by atoms with Crippen LogP contribution in [0.2, 0.25) is 0 Å². The van der Waals surface area contributed by atoms with E-state index in [9.17, 15) is 14.4 Å². The third kappa shape index (κ3) is 7.15. The minimum absolute atomic E-state index is 0.196. The molecule has 1 heterocycles. The molecule has 0 spiro atoms. The molecule has 2 N–H and O–H groups in total. The van der Waals surface area contributed by atoms with Crippen LogP contribution in [0.4, 0.5) is 0 Å². The first-order chi connectivity index (χ1) is 13.3. The van der Waals surface area contributed by atoms with E-state index < -0.39 is 11.9 Å². The summed E-state index contributed by atoms with van der Waals surface area (Å²) in [4.78, 5) is 35.9. The van der Waals surface area contributed by atoms with Crippen molar-refractivity contribution in [3.05, 3.63) is 57.8 Å². The van der Waals surface area contributed by atoms with Crippen molar-refractivity contribution in [2.24, 2.45) is 5.92 Å². The summed E-state index contributed by atoms with van der Waals surface area (Å²) < 4.78 is 4.91. The molecule has 28 heavy (non-hydrogen) atoms. The first-order valence-corrected chi connectivity index (χ1v) is 10.1. The van der Waals surface area contributed by atoms with Crippen molar-refractivity contribution >= 4 is 29.1 Å². The standard InChI is InChI=1S/C21H26N2O4S/c1-14(2)11-16-6-8-17(9-7-16)15(3)23-19(24)13-27-20(25)12-22-21(26)18-5-4-10-28-18/h4-10,14-15H,11-13H2,1-3H3,(H,22,26)(H,23,24)/t15-/m1/s1. The van der Waals surface area contributed by atoms with E-state index in [1.54, 1.807) is 17.5 Å². The number of nitrogens with one attached hydrogen (secondary N) is 2. The van der Waals surface area contributed by atoms with Crippen LogP contribution >= 0.6 is 11.3 Å². The van der Waals surface area contributed by atoms with Crippen molar-refractivity contribution < 1.29 is 19.1 Å². The average Bonchev–Trinajstić information content (AvgIpc) is 3.19. The third-order valence-electron chi connectivity index (χ3n) is 4.00. The van der Waals surface area contributed by atoms with Gasteiger partial charge in [0.2, 0.25) is 0 Å². The van der Waals surface area contributed by atoms with Gasteiger partial charge in [0.15, 0.2) is 6.61 Å². The first kappa shape index (κ1) is 21.6. The topological polar surface area (TPSA) is 84.5 Å². The molecule has 6 nitrogen and oxygen atoms in total. The second-order valence-electron chi connectivity index (χ2n) is 6.95. The van der Waals surface area contributed by atoms with Gasteiger partial charge in [-0.3, -0.25) is 14.4 Å². The van der Waals surface area contributed by atoms with E-state index in [-0.39, 0.29) is 25.1 Å². The Morgan fingerprint density at radius 3 is 2.39 bits per heavy atom. The highest BCUT2D eigenvalue weighted by molar-refractivity contribution is 7.12. The Balaban J connectivity index is 1.71. The van der Waals surface area contributed by atoms with Gasteiger partial charge in [0.05, 0.1) is 10.9 Å². The van der Waals surface area contributed by atoms with Gasteiger partial charge in [0.25, 0.3) is 11.8 Å². The van der Waals surface area contributed by atoms with Gasteiger partial charge in [-0.05, 0) is 41.8 Å². The molecule has 1 aromatic heterocycles. The predicted molar refractivity (Wildman–Crippen MR) is 109 cm³/mol. The zero-order chi connectivity index (χ0) is 20.5. The second kappa shape index (κ2) is 10.6. The molecular weight excluding hydrogens is 376 g/mol. The Hall–Kier alpha value is -2.67. The van der Waals surface area contributed by atoms with Crippen molar-refractivity contribution in [3.8, 4) is 0 Å². The first-order valence-electron chi connectivity index (χ1n) is 9.20. The second-order valence-corrected chi connectivity index (χ2v) is 7.90. The van der Waals surface area contributed by atoms with Crippen LogP contribution in [-0.2, 0) is 20.7 Å². The summed E-state index contributed by atoms with van der Waals surface area (Å²) in [6, 6.07) is 11.3. The molecule has 2 rings (SSSR count). The lowest BCUT2D eigenvalue weighted by molar-refractivity contribution is -0.147. The highest BCUT2D eigenvalue weighted by atomic mass is 32.1. The number of carbonyl (C=O) groups excluding carboxylic acids is 3. The van der Waals surface area contributed by atoms with E-state index in [0.717, 1.165) is 12.0 Å². The molecule has 0 saturated carbocycles. The molecule has 1 atom stereocenters. The minimum Gasteiger partial charge on any atom is -0.454 e. The van der Waals surface area contributed by atoms with Gasteiger partial charge in [0.1, 0.15) is 6.54 Å². The summed E-state index contributed by atoms with van der Waals surface area (Å²) in [5.41, 5.74) is 2.24. The fourth-order valence-corrected chi connectivity index (χ4v) is 3.26. The molecule has 0 saturated heterocycles. The number of hydrogen-bond acceptors (Lipinski definition) is 5. The van der Waals surface area contributed by atoms with Crippen molar-refractivity contribution in [1.29, 1.82) is 0 Å². The number of hydrogen-bond donors (Lipinski definition) is 2. The van der Waals surface area contributed by atoms with E-state index in [4.69, 9.17) is 4.74 Å². The van der Waals surface area contributed by atoms with Gasteiger partial charge in [-0.15, -0.1) is 11.3 Å². The summed E-state index contributed by atoms with van der Waals surface area (Å²) in [7, 11) is 0. The highest BCUT2D eigenvalue weighted by Gasteiger charge is 2.13. The molecule has 0 bridgehead atoms. The van der Waals surface area contributed by atoms with E-state index in [1.165, 1.54) is 16.9 Å². The maximum Gasteiger partial charge on any atom is 0.325 e. The number of ether oxygens (including phenoxy) is 1. The number of benzene rings is 1. The molecule has 7 heteroatoms. The molecule has 1 aromatic carbocycles. The van der Waals surface area contributed by atoms with Crippen LogP contribution < -0.4 is 10.6 Å². The molecule has 0 fully saturated rings.